The average molecular weight is 300 g/mol. The third-order valence-electron chi connectivity index (χ3n) is 3.14. The smallest absolute Gasteiger partial charge is 0.293 e. The maximum Gasteiger partial charge on any atom is 0.293 e. The molecule has 0 fully saturated rings. The van der Waals surface area contributed by atoms with Gasteiger partial charge in [-0.15, -0.1) is 11.3 Å². The Morgan fingerprint density at radius 2 is 2.05 bits per heavy atom. The van der Waals surface area contributed by atoms with Crippen molar-refractivity contribution in [2.24, 2.45) is 0 Å². The van der Waals surface area contributed by atoms with Crippen molar-refractivity contribution in [3.05, 3.63) is 47.2 Å². The van der Waals surface area contributed by atoms with Crippen LogP contribution >= 0.6 is 11.3 Å². The molecule has 1 N–H and O–H groups in total. The highest BCUT2D eigenvalue weighted by Crippen LogP contribution is 2.27. The van der Waals surface area contributed by atoms with E-state index in [0.717, 1.165) is 11.1 Å². The number of rotatable bonds is 2. The number of nitrogens with zero attached hydrogens (tertiary/aromatic N) is 1. The summed E-state index contributed by atoms with van der Waals surface area (Å²) in [4.78, 5) is 16.7. The number of fused-ring (bicyclic) bond motifs is 1. The van der Waals surface area contributed by atoms with E-state index in [4.69, 9.17) is 4.42 Å². The molecule has 0 bridgehead atoms. The second-order valence-electron chi connectivity index (χ2n) is 5.89. The Morgan fingerprint density at radius 3 is 2.71 bits per heavy atom. The molecule has 21 heavy (non-hydrogen) atoms. The number of nitrogens with one attached hydrogen (secondary N) is 1. The topological polar surface area (TPSA) is 55.1 Å². The lowest BCUT2D eigenvalue weighted by molar-refractivity contribution is 0.0998. The molecule has 2 aromatic heterocycles. The molecule has 0 radical (unpaired) electrons. The number of hydrogen-bond acceptors (Lipinski definition) is 4. The van der Waals surface area contributed by atoms with Gasteiger partial charge in [-0.3, -0.25) is 10.1 Å². The van der Waals surface area contributed by atoms with Gasteiger partial charge in [0, 0.05) is 16.2 Å². The fraction of sp³-hybridized carbons (Fsp3) is 0.250. The van der Waals surface area contributed by atoms with Gasteiger partial charge in [0.05, 0.1) is 5.69 Å². The molecule has 108 valence electrons. The number of amides is 1. The Morgan fingerprint density at radius 1 is 1.29 bits per heavy atom. The molecule has 0 spiro atoms. The van der Waals surface area contributed by atoms with Gasteiger partial charge in [0.15, 0.2) is 10.9 Å². The lowest BCUT2D eigenvalue weighted by Crippen LogP contribution is -2.13. The number of aromatic nitrogens is 1. The summed E-state index contributed by atoms with van der Waals surface area (Å²) in [6.45, 7) is 6.27. The van der Waals surface area contributed by atoms with Crippen molar-refractivity contribution < 1.29 is 9.21 Å². The van der Waals surface area contributed by atoms with Gasteiger partial charge >= 0.3 is 0 Å². The van der Waals surface area contributed by atoms with Crippen LogP contribution in [0.4, 0.5) is 5.13 Å². The van der Waals surface area contributed by atoms with Crippen LogP contribution in [0.3, 0.4) is 0 Å². The summed E-state index contributed by atoms with van der Waals surface area (Å²) in [5.74, 6) is 0.0183. The Labute approximate surface area is 126 Å². The summed E-state index contributed by atoms with van der Waals surface area (Å²) < 4.78 is 5.54. The molecule has 0 aliphatic rings. The molecule has 0 atom stereocenters. The van der Waals surface area contributed by atoms with Crippen LogP contribution in [0.25, 0.3) is 11.0 Å². The first kappa shape index (κ1) is 13.8. The van der Waals surface area contributed by atoms with Crippen molar-refractivity contribution in [1.29, 1.82) is 0 Å². The zero-order valence-electron chi connectivity index (χ0n) is 12.1. The fourth-order valence-electron chi connectivity index (χ4n) is 1.93. The van der Waals surface area contributed by atoms with Crippen LogP contribution in [0.15, 0.2) is 40.1 Å². The number of anilines is 1. The first-order valence-electron chi connectivity index (χ1n) is 6.69. The van der Waals surface area contributed by atoms with Gasteiger partial charge < -0.3 is 4.42 Å². The first-order chi connectivity index (χ1) is 9.93. The first-order valence-corrected chi connectivity index (χ1v) is 7.57. The molecular formula is C16H16N2O2S. The summed E-state index contributed by atoms with van der Waals surface area (Å²) in [5.41, 5.74) is 1.64. The van der Waals surface area contributed by atoms with Crippen LogP contribution in [-0.2, 0) is 5.41 Å². The highest BCUT2D eigenvalue weighted by Gasteiger charge is 2.19. The molecule has 0 unspecified atom stereocenters. The highest BCUT2D eigenvalue weighted by atomic mass is 32.1. The monoisotopic (exact) mass is 300 g/mol. The van der Waals surface area contributed by atoms with Crippen LogP contribution in [0.5, 0.6) is 0 Å². The van der Waals surface area contributed by atoms with Crippen molar-refractivity contribution in [3.8, 4) is 0 Å². The third-order valence-corrected chi connectivity index (χ3v) is 3.90. The Balaban J connectivity index is 1.81. The van der Waals surface area contributed by atoms with Gasteiger partial charge in [0.25, 0.3) is 5.91 Å². The molecule has 1 aromatic carbocycles. The van der Waals surface area contributed by atoms with E-state index >= 15 is 0 Å². The molecule has 0 saturated carbocycles. The molecule has 4 nitrogen and oxygen atoms in total. The summed E-state index contributed by atoms with van der Waals surface area (Å²) in [5, 5.41) is 6.26. The fourth-order valence-corrected chi connectivity index (χ4v) is 2.86. The van der Waals surface area contributed by atoms with Gasteiger partial charge in [0.1, 0.15) is 5.58 Å². The van der Waals surface area contributed by atoms with Gasteiger partial charge in [-0.05, 0) is 12.1 Å². The summed E-state index contributed by atoms with van der Waals surface area (Å²) in [6, 6.07) is 9.28. The molecule has 0 saturated heterocycles. The molecule has 2 heterocycles. The Bertz CT molecular complexity index is 763. The number of thiazole rings is 1. The largest absolute Gasteiger partial charge is 0.451 e. The molecule has 3 aromatic rings. The molecule has 0 aliphatic heterocycles. The molecule has 3 rings (SSSR count). The zero-order chi connectivity index (χ0) is 15.0. The predicted octanol–water partition coefficient (Wildman–Crippen LogP) is 4.44. The lowest BCUT2D eigenvalue weighted by atomic mass is 9.93. The van der Waals surface area contributed by atoms with E-state index < -0.39 is 0 Å². The van der Waals surface area contributed by atoms with Gasteiger partial charge in [-0.1, -0.05) is 39.0 Å². The number of furan rings is 1. The maximum absolute atomic E-state index is 12.2. The van der Waals surface area contributed by atoms with Gasteiger partial charge in [-0.25, -0.2) is 4.98 Å². The second kappa shape index (κ2) is 5.00. The SMILES string of the molecule is CC(C)(C)c1csc(NC(=O)c2cc3ccccc3o2)n1. The molecule has 1 amide bonds. The molecule has 0 aliphatic carbocycles. The van der Waals surface area contributed by atoms with E-state index in [1.807, 2.05) is 29.6 Å². The number of benzene rings is 1. The second-order valence-corrected chi connectivity index (χ2v) is 6.75. The van der Waals surface area contributed by atoms with E-state index in [0.29, 0.717) is 16.5 Å². The van der Waals surface area contributed by atoms with Crippen molar-refractivity contribution in [1.82, 2.24) is 4.98 Å². The maximum atomic E-state index is 12.2. The van der Waals surface area contributed by atoms with E-state index in [1.165, 1.54) is 11.3 Å². The van der Waals surface area contributed by atoms with Crippen LogP contribution in [-0.4, -0.2) is 10.9 Å². The Hall–Kier alpha value is -2.14. The zero-order valence-corrected chi connectivity index (χ0v) is 13.0. The third kappa shape index (κ3) is 2.83. The van der Waals surface area contributed by atoms with Gasteiger partial charge in [0.2, 0.25) is 0 Å². The molecular weight excluding hydrogens is 284 g/mol. The lowest BCUT2D eigenvalue weighted by Gasteiger charge is -2.14. The minimum absolute atomic E-state index is 0.0289. The van der Waals surface area contributed by atoms with Gasteiger partial charge in [-0.2, -0.15) is 0 Å². The average Bonchev–Trinajstić information content (AvgIpc) is 3.03. The summed E-state index contributed by atoms with van der Waals surface area (Å²) in [7, 11) is 0. The van der Waals surface area contributed by atoms with E-state index in [2.05, 4.69) is 31.1 Å². The van der Waals surface area contributed by atoms with E-state index in [9.17, 15) is 4.79 Å². The van der Waals surface area contributed by atoms with Crippen molar-refractivity contribution >= 4 is 33.3 Å². The normalized spacial score (nSPS) is 11.8. The molecule has 5 heteroatoms. The van der Waals surface area contributed by atoms with E-state index in [1.54, 1.807) is 6.07 Å². The predicted molar refractivity (Wildman–Crippen MR) is 85.0 cm³/mol. The number of carbonyl (C=O) groups excluding carboxylic acids is 1. The number of para-hydroxylation sites is 1. The standard InChI is InChI=1S/C16H16N2O2S/c1-16(2,3)13-9-21-15(17-13)18-14(19)12-8-10-6-4-5-7-11(10)20-12/h4-9H,1-3H3,(H,17,18,19). The summed E-state index contributed by atoms with van der Waals surface area (Å²) in [6.07, 6.45) is 0. The van der Waals surface area contributed by atoms with Crippen molar-refractivity contribution in [3.63, 3.8) is 0 Å². The van der Waals surface area contributed by atoms with Crippen LogP contribution in [0.2, 0.25) is 0 Å². The van der Waals surface area contributed by atoms with E-state index in [-0.39, 0.29) is 11.3 Å². The summed E-state index contributed by atoms with van der Waals surface area (Å²) >= 11 is 1.42. The van der Waals surface area contributed by atoms with Crippen molar-refractivity contribution in [2.75, 3.05) is 5.32 Å². The highest BCUT2D eigenvalue weighted by molar-refractivity contribution is 7.14. The Kier molecular flexibility index (Phi) is 3.29. The minimum atomic E-state index is -0.277. The minimum Gasteiger partial charge on any atom is -0.451 e. The van der Waals surface area contributed by atoms with Crippen LogP contribution in [0.1, 0.15) is 37.0 Å². The quantitative estimate of drug-likeness (QED) is 0.761. The van der Waals surface area contributed by atoms with Crippen LogP contribution < -0.4 is 5.32 Å². The van der Waals surface area contributed by atoms with Crippen LogP contribution in [0, 0.1) is 0 Å². The number of carbonyl (C=O) groups is 1. The number of hydrogen-bond donors (Lipinski definition) is 1. The van der Waals surface area contributed by atoms with Crippen molar-refractivity contribution in [2.45, 2.75) is 26.2 Å².